The zero-order chi connectivity index (χ0) is 17.2. The van der Waals surface area contributed by atoms with Crippen molar-refractivity contribution in [3.8, 4) is 0 Å². The molecular weight excluding hydrogens is 320 g/mol. The van der Waals surface area contributed by atoms with Gasteiger partial charge in [-0.15, -0.1) is 0 Å². The van der Waals surface area contributed by atoms with Crippen molar-refractivity contribution in [1.29, 1.82) is 0 Å². The molecule has 0 saturated carbocycles. The summed E-state index contributed by atoms with van der Waals surface area (Å²) >= 11 is 0. The highest BCUT2D eigenvalue weighted by molar-refractivity contribution is 7.55. The molecule has 0 aromatic heterocycles. The van der Waals surface area contributed by atoms with Crippen molar-refractivity contribution < 1.29 is 32.5 Å². The van der Waals surface area contributed by atoms with Crippen molar-refractivity contribution in [2.45, 2.75) is 52.0 Å². The lowest BCUT2D eigenvalue weighted by Gasteiger charge is -2.24. The number of hydrogen-bond donors (Lipinski definition) is 0. The Morgan fingerprint density at radius 1 is 1.27 bits per heavy atom. The molecule has 22 heavy (non-hydrogen) atoms. The van der Waals surface area contributed by atoms with Crippen molar-refractivity contribution in [2.75, 3.05) is 19.8 Å². The molecule has 0 aliphatic rings. The summed E-state index contributed by atoms with van der Waals surface area (Å²) < 4.78 is 41.1. The molecule has 130 valence electrons. The van der Waals surface area contributed by atoms with Crippen LogP contribution in [-0.4, -0.2) is 36.2 Å². The standard InChI is InChI=1S/C12H23FNO7P/c1-4-7-8-11(15)19-10-9-12(13,14(16)17)22(18,20-5-2)21-6-3/h4-10H2,1-3H3. The van der Waals surface area contributed by atoms with Crippen molar-refractivity contribution in [2.24, 2.45) is 0 Å². The molecule has 0 aliphatic heterocycles. The Morgan fingerprint density at radius 2 is 1.82 bits per heavy atom. The number of unbranched alkanes of at least 4 members (excludes halogenated alkanes) is 1. The lowest BCUT2D eigenvalue weighted by Crippen LogP contribution is -2.36. The fraction of sp³-hybridized carbons (Fsp3) is 0.917. The van der Waals surface area contributed by atoms with Crippen LogP contribution in [-0.2, 0) is 23.1 Å². The summed E-state index contributed by atoms with van der Waals surface area (Å²) in [5.41, 5.74) is -3.45. The molecule has 0 aromatic rings. The van der Waals surface area contributed by atoms with E-state index in [9.17, 15) is 23.9 Å². The second kappa shape index (κ2) is 9.86. The summed E-state index contributed by atoms with van der Waals surface area (Å²) in [5, 5.41) is 11.0. The van der Waals surface area contributed by atoms with Crippen LogP contribution in [0.1, 0.15) is 46.5 Å². The molecule has 0 fully saturated rings. The number of ether oxygens (including phenoxy) is 1. The van der Waals surface area contributed by atoms with Crippen LogP contribution in [0.4, 0.5) is 4.39 Å². The average molecular weight is 343 g/mol. The summed E-state index contributed by atoms with van der Waals surface area (Å²) in [5.74, 6) is -0.588. The fourth-order valence-corrected chi connectivity index (χ4v) is 3.31. The average Bonchev–Trinajstić information content (AvgIpc) is 2.45. The van der Waals surface area contributed by atoms with Crippen LogP contribution in [0, 0.1) is 10.1 Å². The van der Waals surface area contributed by atoms with Crippen LogP contribution in [0.3, 0.4) is 0 Å². The van der Waals surface area contributed by atoms with Gasteiger partial charge in [0.2, 0.25) is 0 Å². The number of alkyl halides is 1. The van der Waals surface area contributed by atoms with Crippen LogP contribution < -0.4 is 0 Å². The molecule has 0 radical (unpaired) electrons. The topological polar surface area (TPSA) is 105 Å². The van der Waals surface area contributed by atoms with Crippen LogP contribution in [0.5, 0.6) is 0 Å². The fourth-order valence-electron chi connectivity index (χ4n) is 1.59. The highest BCUT2D eigenvalue weighted by Gasteiger charge is 2.63. The molecular formula is C12H23FNO7P. The van der Waals surface area contributed by atoms with Crippen molar-refractivity contribution in [3.63, 3.8) is 0 Å². The summed E-state index contributed by atoms with van der Waals surface area (Å²) in [4.78, 5) is 21.0. The Morgan fingerprint density at radius 3 is 2.23 bits per heavy atom. The Hall–Kier alpha value is -1.05. The first-order valence-corrected chi connectivity index (χ1v) is 8.69. The van der Waals surface area contributed by atoms with E-state index in [1.807, 2.05) is 6.92 Å². The first-order valence-electron chi connectivity index (χ1n) is 7.15. The number of rotatable bonds is 12. The SMILES string of the molecule is CCCCC(=O)OCCC(F)([N+](=O)[O-])P(=O)(OCC)OCC. The minimum atomic E-state index is -4.64. The molecule has 10 heteroatoms. The predicted octanol–water partition coefficient (Wildman–Crippen LogP) is 3.28. The molecule has 0 aliphatic carbocycles. The molecule has 0 heterocycles. The third kappa shape index (κ3) is 5.62. The second-order valence-corrected chi connectivity index (χ2v) is 6.58. The van der Waals surface area contributed by atoms with Crippen LogP contribution in [0.25, 0.3) is 0 Å². The zero-order valence-electron chi connectivity index (χ0n) is 13.1. The van der Waals surface area contributed by atoms with Gasteiger partial charge in [-0.3, -0.25) is 14.9 Å². The number of hydrogen-bond acceptors (Lipinski definition) is 7. The van der Waals surface area contributed by atoms with Crippen LogP contribution in [0.15, 0.2) is 0 Å². The number of esters is 1. The van der Waals surface area contributed by atoms with Crippen molar-refractivity contribution in [3.05, 3.63) is 10.1 Å². The van der Waals surface area contributed by atoms with E-state index in [0.29, 0.717) is 6.42 Å². The van der Waals surface area contributed by atoms with Crippen molar-refractivity contribution in [1.82, 2.24) is 0 Å². The predicted molar refractivity (Wildman–Crippen MR) is 76.8 cm³/mol. The van der Waals surface area contributed by atoms with Gasteiger partial charge in [-0.25, -0.2) is 4.57 Å². The molecule has 0 bridgehead atoms. The van der Waals surface area contributed by atoms with Crippen LogP contribution in [0.2, 0.25) is 0 Å². The highest BCUT2D eigenvalue weighted by atomic mass is 31.2. The first-order chi connectivity index (χ1) is 10.3. The number of carbonyl (C=O) groups excluding carboxylic acids is 1. The maximum absolute atomic E-state index is 14.6. The van der Waals surface area contributed by atoms with Gasteiger partial charge in [0, 0.05) is 6.42 Å². The van der Waals surface area contributed by atoms with Gasteiger partial charge in [-0.05, 0) is 20.3 Å². The first kappa shape index (κ1) is 20.9. The molecule has 0 rings (SSSR count). The molecule has 1 atom stereocenters. The van der Waals surface area contributed by atoms with E-state index in [1.54, 1.807) is 0 Å². The van der Waals surface area contributed by atoms with Gasteiger partial charge in [0.1, 0.15) is 6.61 Å². The molecule has 8 nitrogen and oxygen atoms in total. The molecule has 0 spiro atoms. The Balaban J connectivity index is 4.91. The smallest absolute Gasteiger partial charge is 0.459 e. The second-order valence-electron chi connectivity index (χ2n) is 4.38. The minimum Gasteiger partial charge on any atom is -0.465 e. The van der Waals surface area contributed by atoms with Gasteiger partial charge >= 0.3 is 19.1 Å². The molecule has 0 saturated heterocycles. The monoisotopic (exact) mass is 343 g/mol. The molecule has 0 aromatic carbocycles. The maximum atomic E-state index is 14.6. The van der Waals surface area contributed by atoms with E-state index in [-0.39, 0.29) is 19.6 Å². The molecule has 0 N–H and O–H groups in total. The van der Waals surface area contributed by atoms with E-state index in [1.165, 1.54) is 13.8 Å². The van der Waals surface area contributed by atoms with E-state index in [2.05, 4.69) is 0 Å². The van der Waals surface area contributed by atoms with Gasteiger partial charge in [-0.1, -0.05) is 13.3 Å². The quantitative estimate of drug-likeness (QED) is 0.176. The normalized spacial score (nSPS) is 14.4. The number of carbonyl (C=O) groups is 1. The third-order valence-corrected chi connectivity index (χ3v) is 5.14. The summed E-state index contributed by atoms with van der Waals surface area (Å²) in [6, 6.07) is 0. The van der Waals surface area contributed by atoms with E-state index in [0.717, 1.165) is 6.42 Å². The Labute approximate surface area is 129 Å². The largest absolute Gasteiger partial charge is 0.465 e. The number of nitro groups is 1. The minimum absolute atomic E-state index is 0.142. The van der Waals surface area contributed by atoms with Crippen LogP contribution >= 0.6 is 7.60 Å². The lowest BCUT2D eigenvalue weighted by molar-refractivity contribution is -0.580. The Bertz CT molecular complexity index is 410. The van der Waals surface area contributed by atoms with Gasteiger partial charge < -0.3 is 13.8 Å². The maximum Gasteiger partial charge on any atom is 0.459 e. The van der Waals surface area contributed by atoms with E-state index < -0.39 is 37.0 Å². The zero-order valence-corrected chi connectivity index (χ0v) is 14.0. The van der Waals surface area contributed by atoms with Crippen molar-refractivity contribution >= 4 is 13.6 Å². The summed E-state index contributed by atoms with van der Waals surface area (Å²) in [6.45, 7) is 3.70. The summed E-state index contributed by atoms with van der Waals surface area (Å²) in [7, 11) is -4.64. The molecule has 0 amide bonds. The van der Waals surface area contributed by atoms with Gasteiger partial charge in [0.15, 0.2) is 0 Å². The summed E-state index contributed by atoms with van der Waals surface area (Å²) in [6.07, 6.45) is 0.615. The van der Waals surface area contributed by atoms with Gasteiger partial charge in [0.25, 0.3) is 0 Å². The highest BCUT2D eigenvalue weighted by Crippen LogP contribution is 2.62. The van der Waals surface area contributed by atoms with E-state index in [4.69, 9.17) is 13.8 Å². The van der Waals surface area contributed by atoms with E-state index >= 15 is 0 Å². The number of nitrogens with zero attached hydrogens (tertiary/aromatic N) is 1. The number of halogens is 1. The third-order valence-electron chi connectivity index (χ3n) is 2.72. The Kier molecular flexibility index (Phi) is 9.39. The van der Waals surface area contributed by atoms with Gasteiger partial charge in [-0.2, -0.15) is 4.39 Å². The van der Waals surface area contributed by atoms with Gasteiger partial charge in [0.05, 0.1) is 24.6 Å². The lowest BCUT2D eigenvalue weighted by atomic mass is 10.2. The molecule has 1 unspecified atom stereocenters.